The minimum Gasteiger partial charge on any atom is -0.508 e. The Morgan fingerprint density at radius 2 is 1.95 bits per heavy atom. The SMILES string of the molecule is COc1ccc(O)c(C(C)NCc2cc(F)ccc2F)c1. The molecule has 112 valence electrons. The average Bonchev–Trinajstić information content (AvgIpc) is 2.48. The van der Waals surface area contributed by atoms with E-state index in [0.717, 1.165) is 18.2 Å². The van der Waals surface area contributed by atoms with E-state index >= 15 is 0 Å². The quantitative estimate of drug-likeness (QED) is 0.886. The Bertz CT molecular complexity index is 632. The lowest BCUT2D eigenvalue weighted by Crippen LogP contribution is -2.19. The van der Waals surface area contributed by atoms with E-state index in [0.29, 0.717) is 11.3 Å². The highest BCUT2D eigenvalue weighted by Gasteiger charge is 2.12. The molecule has 0 saturated carbocycles. The molecule has 0 aromatic heterocycles. The molecule has 2 rings (SSSR count). The van der Waals surface area contributed by atoms with Gasteiger partial charge in [0.25, 0.3) is 0 Å². The van der Waals surface area contributed by atoms with Crippen molar-refractivity contribution in [3.8, 4) is 11.5 Å². The fourth-order valence-corrected chi connectivity index (χ4v) is 2.06. The molecule has 0 heterocycles. The van der Waals surface area contributed by atoms with Gasteiger partial charge in [-0.1, -0.05) is 0 Å². The van der Waals surface area contributed by atoms with Crippen molar-refractivity contribution in [3.05, 3.63) is 59.2 Å². The summed E-state index contributed by atoms with van der Waals surface area (Å²) in [6, 6.07) is 7.97. The maximum absolute atomic E-state index is 13.5. The van der Waals surface area contributed by atoms with E-state index in [4.69, 9.17) is 4.74 Å². The zero-order chi connectivity index (χ0) is 15.4. The fourth-order valence-electron chi connectivity index (χ4n) is 2.06. The van der Waals surface area contributed by atoms with Gasteiger partial charge in [-0.25, -0.2) is 8.78 Å². The van der Waals surface area contributed by atoms with Gasteiger partial charge in [0.1, 0.15) is 23.1 Å². The van der Waals surface area contributed by atoms with E-state index in [1.807, 2.05) is 6.92 Å². The summed E-state index contributed by atoms with van der Waals surface area (Å²) in [5, 5.41) is 12.9. The van der Waals surface area contributed by atoms with Crippen LogP contribution in [0.25, 0.3) is 0 Å². The van der Waals surface area contributed by atoms with Crippen molar-refractivity contribution < 1.29 is 18.6 Å². The summed E-state index contributed by atoms with van der Waals surface area (Å²) in [4.78, 5) is 0. The summed E-state index contributed by atoms with van der Waals surface area (Å²) in [6.45, 7) is 1.98. The number of benzene rings is 2. The lowest BCUT2D eigenvalue weighted by Gasteiger charge is -2.17. The van der Waals surface area contributed by atoms with Crippen molar-refractivity contribution in [2.24, 2.45) is 0 Å². The summed E-state index contributed by atoms with van der Waals surface area (Å²) in [5.74, 6) is -0.208. The number of hydrogen-bond donors (Lipinski definition) is 2. The monoisotopic (exact) mass is 293 g/mol. The molecule has 2 aromatic rings. The van der Waals surface area contributed by atoms with Gasteiger partial charge in [0.15, 0.2) is 0 Å². The Hall–Kier alpha value is -2.14. The van der Waals surface area contributed by atoms with E-state index in [1.165, 1.54) is 13.2 Å². The molecule has 0 saturated heterocycles. The van der Waals surface area contributed by atoms with E-state index in [2.05, 4.69) is 5.32 Å². The molecule has 0 fully saturated rings. The summed E-state index contributed by atoms with van der Waals surface area (Å²) < 4.78 is 31.8. The van der Waals surface area contributed by atoms with Crippen LogP contribution in [0.2, 0.25) is 0 Å². The van der Waals surface area contributed by atoms with Gasteiger partial charge in [0.2, 0.25) is 0 Å². The van der Waals surface area contributed by atoms with Crippen LogP contribution in [-0.2, 0) is 6.54 Å². The van der Waals surface area contributed by atoms with Crippen LogP contribution in [0.4, 0.5) is 8.78 Å². The van der Waals surface area contributed by atoms with Crippen LogP contribution in [0.5, 0.6) is 11.5 Å². The maximum atomic E-state index is 13.5. The lowest BCUT2D eigenvalue weighted by molar-refractivity contribution is 0.407. The van der Waals surface area contributed by atoms with Gasteiger partial charge in [-0.15, -0.1) is 0 Å². The molecule has 0 aliphatic carbocycles. The maximum Gasteiger partial charge on any atom is 0.127 e. The van der Waals surface area contributed by atoms with Crippen LogP contribution in [0.3, 0.4) is 0 Å². The molecule has 0 amide bonds. The Morgan fingerprint density at radius 1 is 1.19 bits per heavy atom. The number of phenolic OH excluding ortho intramolecular Hbond substituents is 1. The number of methoxy groups -OCH3 is 1. The number of ether oxygens (including phenoxy) is 1. The standard InChI is InChI=1S/C16H17F2NO2/c1-10(14-8-13(21-2)4-6-16(14)20)19-9-11-7-12(17)3-5-15(11)18/h3-8,10,19-20H,9H2,1-2H3. The summed E-state index contributed by atoms with van der Waals surface area (Å²) in [5.41, 5.74) is 0.871. The Morgan fingerprint density at radius 3 is 2.67 bits per heavy atom. The molecule has 0 spiro atoms. The minimum absolute atomic E-state index is 0.121. The third-order valence-corrected chi connectivity index (χ3v) is 3.31. The normalized spacial score (nSPS) is 12.2. The van der Waals surface area contributed by atoms with Crippen LogP contribution in [0, 0.1) is 11.6 Å². The first-order valence-electron chi connectivity index (χ1n) is 6.55. The van der Waals surface area contributed by atoms with Gasteiger partial charge in [-0.2, -0.15) is 0 Å². The number of halogens is 2. The van der Waals surface area contributed by atoms with Gasteiger partial charge < -0.3 is 15.2 Å². The molecule has 0 aliphatic heterocycles. The van der Waals surface area contributed by atoms with Crippen molar-refractivity contribution in [2.75, 3.05) is 7.11 Å². The van der Waals surface area contributed by atoms with Crippen LogP contribution < -0.4 is 10.1 Å². The summed E-state index contributed by atoms with van der Waals surface area (Å²) in [6.07, 6.45) is 0. The van der Waals surface area contributed by atoms with E-state index in [-0.39, 0.29) is 23.9 Å². The molecule has 0 aliphatic rings. The van der Waals surface area contributed by atoms with Crippen LogP contribution in [-0.4, -0.2) is 12.2 Å². The largest absolute Gasteiger partial charge is 0.508 e. The zero-order valence-electron chi connectivity index (χ0n) is 11.9. The summed E-state index contributed by atoms with van der Waals surface area (Å²) >= 11 is 0. The second kappa shape index (κ2) is 6.54. The van der Waals surface area contributed by atoms with Gasteiger partial charge in [-0.3, -0.25) is 0 Å². The molecule has 3 nitrogen and oxygen atoms in total. The average molecular weight is 293 g/mol. The predicted molar refractivity (Wildman–Crippen MR) is 76.3 cm³/mol. The summed E-state index contributed by atoms with van der Waals surface area (Å²) in [7, 11) is 1.54. The van der Waals surface area contributed by atoms with Gasteiger partial charge in [0, 0.05) is 23.7 Å². The van der Waals surface area contributed by atoms with Crippen LogP contribution in [0.1, 0.15) is 24.1 Å². The zero-order valence-corrected chi connectivity index (χ0v) is 11.9. The van der Waals surface area contributed by atoms with Gasteiger partial charge >= 0.3 is 0 Å². The number of aromatic hydroxyl groups is 1. The number of phenols is 1. The van der Waals surface area contributed by atoms with Crippen LogP contribution >= 0.6 is 0 Å². The number of nitrogens with one attached hydrogen (secondary N) is 1. The predicted octanol–water partition coefficient (Wildman–Crippen LogP) is 3.53. The second-order valence-corrected chi connectivity index (χ2v) is 4.76. The third kappa shape index (κ3) is 3.70. The first-order chi connectivity index (χ1) is 10.0. The van der Waals surface area contributed by atoms with Crippen molar-refractivity contribution in [3.63, 3.8) is 0 Å². The fraction of sp³-hybridized carbons (Fsp3) is 0.250. The van der Waals surface area contributed by atoms with E-state index in [9.17, 15) is 13.9 Å². The third-order valence-electron chi connectivity index (χ3n) is 3.31. The lowest BCUT2D eigenvalue weighted by atomic mass is 10.1. The molecule has 1 unspecified atom stereocenters. The topological polar surface area (TPSA) is 41.5 Å². The highest BCUT2D eigenvalue weighted by atomic mass is 19.1. The van der Waals surface area contributed by atoms with Crippen molar-refractivity contribution in [2.45, 2.75) is 19.5 Å². The Kier molecular flexibility index (Phi) is 4.75. The second-order valence-electron chi connectivity index (χ2n) is 4.76. The first-order valence-corrected chi connectivity index (χ1v) is 6.55. The minimum atomic E-state index is -0.481. The highest BCUT2D eigenvalue weighted by molar-refractivity contribution is 5.41. The molecule has 5 heteroatoms. The molecule has 2 aromatic carbocycles. The van der Waals surface area contributed by atoms with E-state index in [1.54, 1.807) is 12.1 Å². The highest BCUT2D eigenvalue weighted by Crippen LogP contribution is 2.28. The Labute approximate surface area is 122 Å². The van der Waals surface area contributed by atoms with E-state index < -0.39 is 11.6 Å². The van der Waals surface area contributed by atoms with Gasteiger partial charge in [-0.05, 0) is 43.3 Å². The van der Waals surface area contributed by atoms with Crippen LogP contribution in [0.15, 0.2) is 36.4 Å². The number of rotatable bonds is 5. The molecule has 2 N–H and O–H groups in total. The molecular weight excluding hydrogens is 276 g/mol. The van der Waals surface area contributed by atoms with Crippen molar-refractivity contribution in [1.29, 1.82) is 0 Å². The smallest absolute Gasteiger partial charge is 0.127 e. The molecule has 0 radical (unpaired) electrons. The van der Waals surface area contributed by atoms with Gasteiger partial charge in [0.05, 0.1) is 7.11 Å². The molecule has 0 bridgehead atoms. The molecule has 1 atom stereocenters. The first kappa shape index (κ1) is 15.3. The molecular formula is C16H17F2NO2. The van der Waals surface area contributed by atoms with Crippen molar-refractivity contribution in [1.82, 2.24) is 5.32 Å². The van der Waals surface area contributed by atoms with Crippen molar-refractivity contribution >= 4 is 0 Å². The molecule has 21 heavy (non-hydrogen) atoms. The number of hydrogen-bond acceptors (Lipinski definition) is 3. The Balaban J connectivity index is 2.11.